The lowest BCUT2D eigenvalue weighted by Crippen LogP contribution is -2.33. The fraction of sp³-hybridized carbons (Fsp3) is 0.353. The van der Waals surface area contributed by atoms with Crippen LogP contribution in [0, 0.1) is 0 Å². The summed E-state index contributed by atoms with van der Waals surface area (Å²) in [5.74, 6) is 0.528. The quantitative estimate of drug-likeness (QED) is 0.501. The van der Waals surface area contributed by atoms with Gasteiger partial charge in [-0.25, -0.2) is 15.0 Å². The molecule has 1 unspecified atom stereocenters. The molecule has 0 spiro atoms. The van der Waals surface area contributed by atoms with E-state index in [1.54, 1.807) is 0 Å². The number of ether oxygens (including phenoxy) is 1. The van der Waals surface area contributed by atoms with Crippen LogP contribution in [0.4, 0.5) is 5.82 Å². The van der Waals surface area contributed by atoms with Crippen molar-refractivity contribution in [1.29, 1.82) is 0 Å². The van der Waals surface area contributed by atoms with Crippen molar-refractivity contribution in [3.8, 4) is 0 Å². The van der Waals surface area contributed by atoms with E-state index in [-0.39, 0.29) is 0 Å². The van der Waals surface area contributed by atoms with Gasteiger partial charge in [-0.2, -0.15) is 0 Å². The molecule has 27 heavy (non-hydrogen) atoms. The molecular weight excluding hydrogens is 374 g/mol. The van der Waals surface area contributed by atoms with Crippen LogP contribution in [0.5, 0.6) is 0 Å². The van der Waals surface area contributed by atoms with E-state index in [0.29, 0.717) is 28.5 Å². The summed E-state index contributed by atoms with van der Waals surface area (Å²) in [6, 6.07) is 7.44. The van der Waals surface area contributed by atoms with E-state index in [1.165, 1.54) is 17.2 Å². The average Bonchev–Trinajstić information content (AvgIpc) is 3.23. The third kappa shape index (κ3) is 3.35. The van der Waals surface area contributed by atoms with E-state index in [2.05, 4.69) is 20.3 Å². The maximum absolute atomic E-state index is 10.2. The van der Waals surface area contributed by atoms with Crippen molar-refractivity contribution in [1.82, 2.24) is 19.5 Å². The summed E-state index contributed by atoms with van der Waals surface area (Å²) in [6.45, 7) is 0.119. The molecule has 1 saturated heterocycles. The van der Waals surface area contributed by atoms with Gasteiger partial charge in [0.2, 0.25) is 0 Å². The van der Waals surface area contributed by atoms with Crippen LogP contribution in [0.25, 0.3) is 11.2 Å². The molecule has 4 rings (SSSR count). The molecule has 4 atom stereocenters. The van der Waals surface area contributed by atoms with Crippen LogP contribution in [-0.4, -0.2) is 59.8 Å². The molecule has 1 aliphatic heterocycles. The summed E-state index contributed by atoms with van der Waals surface area (Å²) in [5.41, 5.74) is 1.97. The van der Waals surface area contributed by atoms with E-state index in [9.17, 15) is 15.3 Å². The number of benzene rings is 1. The summed E-state index contributed by atoms with van der Waals surface area (Å²) in [5, 5.41) is 33.3. The molecule has 3 aromatic rings. The van der Waals surface area contributed by atoms with Gasteiger partial charge < -0.3 is 25.4 Å². The van der Waals surface area contributed by atoms with E-state index in [4.69, 9.17) is 16.3 Å². The van der Waals surface area contributed by atoms with Crippen molar-refractivity contribution in [2.75, 3.05) is 11.9 Å². The number of nitrogens with one attached hydrogen (secondary N) is 1. The molecule has 0 radical (unpaired) electrons. The molecule has 1 aromatic carbocycles. The van der Waals surface area contributed by atoms with Gasteiger partial charge in [0.1, 0.15) is 24.6 Å². The van der Waals surface area contributed by atoms with Crippen molar-refractivity contribution in [2.24, 2.45) is 0 Å². The number of anilines is 1. The van der Waals surface area contributed by atoms with E-state index in [1.807, 2.05) is 24.3 Å². The maximum atomic E-state index is 10.2. The number of rotatable bonds is 5. The van der Waals surface area contributed by atoms with E-state index < -0.39 is 31.1 Å². The summed E-state index contributed by atoms with van der Waals surface area (Å²) in [4.78, 5) is 12.8. The second-order valence-corrected chi connectivity index (χ2v) is 6.69. The lowest BCUT2D eigenvalue weighted by Gasteiger charge is -2.16. The number of fused-ring (bicyclic) bond motifs is 1. The van der Waals surface area contributed by atoms with Crippen LogP contribution in [0.15, 0.2) is 36.9 Å². The molecule has 1 aliphatic rings. The standard InChI is InChI=1S/C17H18ClN5O4/c18-10-3-1-9(2-4-10)5-19-15-12-16(21-7-20-15)23(8-22-12)17-14(26)13(25)11(6-24)27-17/h1-4,7-8,11,13-14,17,24-26H,5-6H2,(H,19,20,21)/t11-,13-,14-,17?/m1/s1. The Morgan fingerprint density at radius 3 is 2.59 bits per heavy atom. The maximum Gasteiger partial charge on any atom is 0.167 e. The third-order valence-electron chi connectivity index (χ3n) is 4.52. The van der Waals surface area contributed by atoms with Crippen LogP contribution in [-0.2, 0) is 11.3 Å². The zero-order chi connectivity index (χ0) is 19.0. The molecule has 0 bridgehead atoms. The average molecular weight is 392 g/mol. The highest BCUT2D eigenvalue weighted by Gasteiger charge is 2.44. The van der Waals surface area contributed by atoms with Crippen LogP contribution in [0.2, 0.25) is 5.02 Å². The second kappa shape index (κ2) is 7.37. The second-order valence-electron chi connectivity index (χ2n) is 6.26. The summed E-state index contributed by atoms with van der Waals surface area (Å²) >= 11 is 5.90. The zero-order valence-electron chi connectivity index (χ0n) is 14.1. The predicted octanol–water partition coefficient (Wildman–Crippen LogP) is 0.703. The Bertz CT molecular complexity index is 935. The molecule has 0 aliphatic carbocycles. The van der Waals surface area contributed by atoms with Gasteiger partial charge in [-0.15, -0.1) is 0 Å². The Kier molecular flexibility index (Phi) is 4.94. The van der Waals surface area contributed by atoms with Gasteiger partial charge in [0, 0.05) is 11.6 Å². The van der Waals surface area contributed by atoms with Crippen molar-refractivity contribution in [3.05, 3.63) is 47.5 Å². The fourth-order valence-corrected chi connectivity index (χ4v) is 3.19. The Morgan fingerprint density at radius 1 is 1.11 bits per heavy atom. The molecular formula is C17H18ClN5O4. The monoisotopic (exact) mass is 391 g/mol. The van der Waals surface area contributed by atoms with Crippen molar-refractivity contribution < 1.29 is 20.1 Å². The zero-order valence-corrected chi connectivity index (χ0v) is 14.9. The van der Waals surface area contributed by atoms with Gasteiger partial charge in [0.25, 0.3) is 0 Å². The number of aliphatic hydroxyl groups is 3. The number of hydrogen-bond acceptors (Lipinski definition) is 8. The third-order valence-corrected chi connectivity index (χ3v) is 4.78. The first-order valence-electron chi connectivity index (χ1n) is 8.37. The van der Waals surface area contributed by atoms with Gasteiger partial charge in [-0.3, -0.25) is 4.57 Å². The molecule has 4 N–H and O–H groups in total. The number of aromatic nitrogens is 4. The molecule has 1 fully saturated rings. The number of imidazole rings is 1. The Balaban J connectivity index is 1.59. The Hall–Kier alpha value is -2.30. The molecule has 10 heteroatoms. The van der Waals surface area contributed by atoms with Crippen molar-refractivity contribution >= 4 is 28.6 Å². The van der Waals surface area contributed by atoms with Gasteiger partial charge >= 0.3 is 0 Å². The first kappa shape index (κ1) is 18.1. The summed E-state index contributed by atoms with van der Waals surface area (Å²) < 4.78 is 7.07. The summed E-state index contributed by atoms with van der Waals surface area (Å²) in [6.07, 6.45) is -1.33. The number of nitrogens with zero attached hydrogens (tertiary/aromatic N) is 4. The summed E-state index contributed by atoms with van der Waals surface area (Å²) in [7, 11) is 0. The van der Waals surface area contributed by atoms with Crippen LogP contribution in [0.3, 0.4) is 0 Å². The first-order chi connectivity index (χ1) is 13.1. The molecule has 9 nitrogen and oxygen atoms in total. The van der Waals surface area contributed by atoms with Crippen LogP contribution < -0.4 is 5.32 Å². The highest BCUT2D eigenvalue weighted by molar-refractivity contribution is 6.30. The lowest BCUT2D eigenvalue weighted by molar-refractivity contribution is -0.0511. The largest absolute Gasteiger partial charge is 0.394 e. The predicted molar refractivity (Wildman–Crippen MR) is 97.1 cm³/mol. The van der Waals surface area contributed by atoms with Gasteiger partial charge in [-0.1, -0.05) is 23.7 Å². The highest BCUT2D eigenvalue weighted by Crippen LogP contribution is 2.32. The lowest BCUT2D eigenvalue weighted by atomic mass is 10.1. The minimum absolute atomic E-state index is 0.399. The van der Waals surface area contributed by atoms with E-state index >= 15 is 0 Å². The molecule has 2 aromatic heterocycles. The highest BCUT2D eigenvalue weighted by atomic mass is 35.5. The fourth-order valence-electron chi connectivity index (χ4n) is 3.07. The van der Waals surface area contributed by atoms with E-state index in [0.717, 1.165) is 5.56 Å². The number of halogens is 1. The van der Waals surface area contributed by atoms with Crippen LogP contribution >= 0.6 is 11.6 Å². The molecule has 142 valence electrons. The topological polar surface area (TPSA) is 126 Å². The first-order valence-corrected chi connectivity index (χ1v) is 8.74. The van der Waals surface area contributed by atoms with Gasteiger partial charge in [0.05, 0.1) is 12.9 Å². The normalized spacial score (nSPS) is 25.2. The SMILES string of the molecule is OC[C@H]1OC(n2cnc3c(NCc4ccc(Cl)cc4)ncnc32)[C@H](O)[C@@H]1O. The Labute approximate surface area is 159 Å². The molecule has 3 heterocycles. The Morgan fingerprint density at radius 2 is 1.89 bits per heavy atom. The smallest absolute Gasteiger partial charge is 0.167 e. The van der Waals surface area contributed by atoms with Gasteiger partial charge in [-0.05, 0) is 17.7 Å². The molecule has 0 saturated carbocycles. The van der Waals surface area contributed by atoms with Crippen molar-refractivity contribution in [2.45, 2.75) is 31.1 Å². The van der Waals surface area contributed by atoms with Crippen LogP contribution in [0.1, 0.15) is 11.8 Å². The molecule has 0 amide bonds. The van der Waals surface area contributed by atoms with Gasteiger partial charge in [0.15, 0.2) is 23.2 Å². The van der Waals surface area contributed by atoms with Crippen molar-refractivity contribution in [3.63, 3.8) is 0 Å². The number of hydrogen-bond donors (Lipinski definition) is 4. The minimum atomic E-state index is -1.21. The minimum Gasteiger partial charge on any atom is -0.394 e. The number of aliphatic hydroxyl groups excluding tert-OH is 3.